The topological polar surface area (TPSA) is 101 Å². The number of H-pyrrole nitrogens is 1. The van der Waals surface area contributed by atoms with Gasteiger partial charge in [-0.05, 0) is 47.5 Å². The van der Waals surface area contributed by atoms with E-state index in [2.05, 4.69) is 20.6 Å². The number of benzene rings is 1. The van der Waals surface area contributed by atoms with E-state index in [9.17, 15) is 4.79 Å². The van der Waals surface area contributed by atoms with Crippen LogP contribution in [0.5, 0.6) is 5.75 Å². The third kappa shape index (κ3) is 10.9. The van der Waals surface area contributed by atoms with Gasteiger partial charge in [0.25, 0.3) is 0 Å². The van der Waals surface area contributed by atoms with E-state index in [1.807, 2.05) is 24.3 Å². The molecule has 2 aromatic rings. The molecule has 0 aliphatic rings. The normalized spacial score (nSPS) is 10.9. The monoisotopic (exact) mass is 416 g/mol. The fourth-order valence-corrected chi connectivity index (χ4v) is 3.50. The van der Waals surface area contributed by atoms with Crippen molar-refractivity contribution in [2.24, 2.45) is 0 Å². The highest BCUT2D eigenvalue weighted by Gasteiger charge is 2.02. The zero-order valence-electron chi connectivity index (χ0n) is 18.0. The smallest absolute Gasteiger partial charge is 0.303 e. The SMILES string of the molecule is O=C(O)CCCCCCCCCCCCCCCOc1ccc(-c2nnn[nH]2)cc1. The van der Waals surface area contributed by atoms with Crippen molar-refractivity contribution in [1.82, 2.24) is 20.6 Å². The predicted octanol–water partition coefficient (Wildman–Crippen LogP) is 5.79. The second-order valence-corrected chi connectivity index (χ2v) is 7.86. The average Bonchev–Trinajstić information content (AvgIpc) is 3.28. The minimum Gasteiger partial charge on any atom is -0.494 e. The van der Waals surface area contributed by atoms with E-state index >= 15 is 0 Å². The Labute approximate surface area is 179 Å². The molecule has 0 saturated carbocycles. The maximum Gasteiger partial charge on any atom is 0.303 e. The molecule has 0 aliphatic heterocycles. The van der Waals surface area contributed by atoms with Gasteiger partial charge in [-0.25, -0.2) is 5.10 Å². The summed E-state index contributed by atoms with van der Waals surface area (Å²) in [7, 11) is 0. The van der Waals surface area contributed by atoms with Crippen LogP contribution in [0.2, 0.25) is 0 Å². The number of hydrogen-bond donors (Lipinski definition) is 2. The molecule has 7 heteroatoms. The second-order valence-electron chi connectivity index (χ2n) is 7.86. The summed E-state index contributed by atoms with van der Waals surface area (Å²) in [4.78, 5) is 10.4. The van der Waals surface area contributed by atoms with Crippen molar-refractivity contribution in [3.8, 4) is 17.1 Å². The highest BCUT2D eigenvalue weighted by molar-refractivity contribution is 5.66. The molecule has 0 saturated heterocycles. The summed E-state index contributed by atoms with van der Waals surface area (Å²) in [5, 5.41) is 22.4. The number of unbranched alkanes of at least 4 members (excludes halogenated alkanes) is 12. The maximum atomic E-state index is 10.4. The summed E-state index contributed by atoms with van der Waals surface area (Å²) in [5.74, 6) is 0.873. The van der Waals surface area contributed by atoms with E-state index in [0.717, 1.165) is 37.2 Å². The zero-order chi connectivity index (χ0) is 21.3. The van der Waals surface area contributed by atoms with Crippen molar-refractivity contribution in [2.75, 3.05) is 6.61 Å². The fourth-order valence-electron chi connectivity index (χ4n) is 3.50. The number of tetrazole rings is 1. The molecule has 30 heavy (non-hydrogen) atoms. The van der Waals surface area contributed by atoms with E-state index in [4.69, 9.17) is 9.84 Å². The number of aromatic amines is 1. The largest absolute Gasteiger partial charge is 0.494 e. The molecule has 7 nitrogen and oxygen atoms in total. The standard InChI is InChI=1S/C23H36N4O3/c28-22(29)14-12-10-8-6-4-2-1-3-5-7-9-11-13-19-30-21-17-15-20(16-18-21)23-24-26-27-25-23/h15-18H,1-14,19H2,(H,28,29)(H,24,25,26,27). The number of carboxylic acid groups (broad SMARTS) is 1. The molecule has 0 atom stereocenters. The third-order valence-corrected chi connectivity index (χ3v) is 5.28. The van der Waals surface area contributed by atoms with Crippen LogP contribution in [-0.4, -0.2) is 38.3 Å². The van der Waals surface area contributed by atoms with Gasteiger partial charge in [-0.15, -0.1) is 5.10 Å². The minimum atomic E-state index is -0.671. The Morgan fingerprint density at radius 2 is 1.33 bits per heavy atom. The number of aromatic nitrogens is 4. The molecule has 1 aromatic carbocycles. The third-order valence-electron chi connectivity index (χ3n) is 5.28. The van der Waals surface area contributed by atoms with Gasteiger partial charge < -0.3 is 9.84 Å². The number of carboxylic acids is 1. The Morgan fingerprint density at radius 3 is 1.83 bits per heavy atom. The maximum absolute atomic E-state index is 10.4. The molecule has 1 heterocycles. The van der Waals surface area contributed by atoms with E-state index in [1.54, 1.807) is 0 Å². The second kappa shape index (κ2) is 15.4. The fraction of sp³-hybridized carbons (Fsp3) is 0.652. The molecule has 1 aromatic heterocycles. The van der Waals surface area contributed by atoms with Gasteiger partial charge in [0.1, 0.15) is 5.75 Å². The van der Waals surface area contributed by atoms with Crippen molar-refractivity contribution < 1.29 is 14.6 Å². The van der Waals surface area contributed by atoms with E-state index < -0.39 is 5.97 Å². The van der Waals surface area contributed by atoms with Crippen LogP contribution < -0.4 is 4.74 Å². The molecule has 0 aliphatic carbocycles. The molecule has 0 bridgehead atoms. The Hall–Kier alpha value is -2.44. The van der Waals surface area contributed by atoms with Crippen LogP contribution >= 0.6 is 0 Å². The van der Waals surface area contributed by atoms with Crippen molar-refractivity contribution >= 4 is 5.97 Å². The number of ether oxygens (including phenoxy) is 1. The van der Waals surface area contributed by atoms with Crippen molar-refractivity contribution in [3.63, 3.8) is 0 Å². The Bertz CT molecular complexity index is 674. The number of carbonyl (C=O) groups is 1. The molecular weight excluding hydrogens is 380 g/mol. The van der Waals surface area contributed by atoms with Crippen LogP contribution in [0.25, 0.3) is 11.4 Å². The predicted molar refractivity (Wildman–Crippen MR) is 117 cm³/mol. The van der Waals surface area contributed by atoms with Gasteiger partial charge in [-0.3, -0.25) is 4.79 Å². The number of rotatable bonds is 18. The lowest BCUT2D eigenvalue weighted by molar-refractivity contribution is -0.137. The number of hydrogen-bond acceptors (Lipinski definition) is 5. The van der Waals surface area contributed by atoms with Crippen molar-refractivity contribution in [1.29, 1.82) is 0 Å². The van der Waals surface area contributed by atoms with Gasteiger partial charge in [0, 0.05) is 12.0 Å². The summed E-state index contributed by atoms with van der Waals surface area (Å²) in [6, 6.07) is 7.82. The average molecular weight is 417 g/mol. The lowest BCUT2D eigenvalue weighted by Crippen LogP contribution is -1.97. The Kier molecular flexibility index (Phi) is 12.2. The molecule has 0 spiro atoms. The minimum absolute atomic E-state index is 0.321. The quantitative estimate of drug-likeness (QED) is 0.298. The van der Waals surface area contributed by atoms with Crippen LogP contribution in [0.3, 0.4) is 0 Å². The van der Waals surface area contributed by atoms with Crippen molar-refractivity contribution in [2.45, 2.75) is 89.9 Å². The van der Waals surface area contributed by atoms with E-state index in [1.165, 1.54) is 64.2 Å². The van der Waals surface area contributed by atoms with Gasteiger partial charge in [-0.1, -0.05) is 70.6 Å². The first kappa shape index (κ1) is 23.8. The van der Waals surface area contributed by atoms with Crippen LogP contribution in [0.4, 0.5) is 0 Å². The van der Waals surface area contributed by atoms with Gasteiger partial charge in [0.05, 0.1) is 6.61 Å². The van der Waals surface area contributed by atoms with Crippen LogP contribution in [-0.2, 0) is 4.79 Å². The molecule has 2 N–H and O–H groups in total. The summed E-state index contributed by atoms with van der Waals surface area (Å²) in [6.45, 7) is 0.760. The molecule has 0 unspecified atom stereocenters. The van der Waals surface area contributed by atoms with Gasteiger partial charge in [-0.2, -0.15) is 0 Å². The molecule has 2 rings (SSSR count). The highest BCUT2D eigenvalue weighted by Crippen LogP contribution is 2.19. The first-order valence-electron chi connectivity index (χ1n) is 11.4. The number of aliphatic carboxylic acids is 1. The molecule has 166 valence electrons. The highest BCUT2D eigenvalue weighted by atomic mass is 16.5. The molecule has 0 fully saturated rings. The van der Waals surface area contributed by atoms with Gasteiger partial charge >= 0.3 is 5.97 Å². The number of nitrogens with one attached hydrogen (secondary N) is 1. The number of nitrogens with zero attached hydrogens (tertiary/aromatic N) is 3. The molecule has 0 amide bonds. The molecular formula is C23H36N4O3. The first-order valence-corrected chi connectivity index (χ1v) is 11.4. The van der Waals surface area contributed by atoms with Crippen LogP contribution in [0, 0.1) is 0 Å². The summed E-state index contributed by atoms with van der Waals surface area (Å²) < 4.78 is 5.81. The summed E-state index contributed by atoms with van der Waals surface area (Å²) >= 11 is 0. The van der Waals surface area contributed by atoms with E-state index in [0.29, 0.717) is 12.2 Å². The van der Waals surface area contributed by atoms with E-state index in [-0.39, 0.29) is 0 Å². The lowest BCUT2D eigenvalue weighted by atomic mass is 10.0. The van der Waals surface area contributed by atoms with Gasteiger partial charge in [0.2, 0.25) is 0 Å². The van der Waals surface area contributed by atoms with Crippen LogP contribution in [0.1, 0.15) is 89.9 Å². The Balaban J connectivity index is 1.33. The Morgan fingerprint density at radius 1 is 0.800 bits per heavy atom. The van der Waals surface area contributed by atoms with Crippen LogP contribution in [0.15, 0.2) is 24.3 Å². The summed E-state index contributed by atoms with van der Waals surface area (Å²) in [5.41, 5.74) is 0.947. The molecule has 0 radical (unpaired) electrons. The lowest BCUT2D eigenvalue weighted by Gasteiger charge is -2.07. The van der Waals surface area contributed by atoms with Crippen molar-refractivity contribution in [3.05, 3.63) is 24.3 Å². The van der Waals surface area contributed by atoms with Gasteiger partial charge in [0.15, 0.2) is 5.82 Å². The summed E-state index contributed by atoms with van der Waals surface area (Å²) in [6.07, 6.45) is 16.2. The first-order chi connectivity index (χ1) is 14.8. The zero-order valence-corrected chi connectivity index (χ0v) is 18.0.